The van der Waals surface area contributed by atoms with Crippen molar-refractivity contribution in [2.75, 3.05) is 6.61 Å². The van der Waals surface area contributed by atoms with Gasteiger partial charge in [-0.05, 0) is 27.7 Å². The largest absolute Gasteiger partial charge is 0.477 e. The zero-order chi connectivity index (χ0) is 17.3. The molecule has 24 heavy (non-hydrogen) atoms. The Hall–Kier alpha value is -2.77. The van der Waals surface area contributed by atoms with Crippen LogP contribution in [0, 0.1) is 13.8 Å². The van der Waals surface area contributed by atoms with Crippen LogP contribution in [-0.2, 0) is 7.05 Å². The van der Waals surface area contributed by atoms with E-state index >= 15 is 0 Å². The van der Waals surface area contributed by atoms with Crippen LogP contribution < -0.4 is 4.74 Å². The molecule has 0 saturated heterocycles. The average Bonchev–Trinajstić information content (AvgIpc) is 3.14. The summed E-state index contributed by atoms with van der Waals surface area (Å²) in [5.41, 5.74) is 3.69. The van der Waals surface area contributed by atoms with Crippen LogP contribution in [0.4, 0.5) is 0 Å². The zero-order valence-corrected chi connectivity index (χ0v) is 14.4. The highest BCUT2D eigenvalue weighted by atomic mass is 16.5. The molecule has 3 aromatic heterocycles. The van der Waals surface area contributed by atoms with Crippen LogP contribution in [0.5, 0.6) is 5.88 Å². The number of hydrogen-bond donors (Lipinski definition) is 0. The van der Waals surface area contributed by atoms with E-state index in [2.05, 4.69) is 25.2 Å². The topological polar surface area (TPSA) is 91.8 Å². The Balaban J connectivity index is 1.87. The lowest BCUT2D eigenvalue weighted by atomic mass is 9.99. The number of aryl methyl sites for hydroxylation is 2. The summed E-state index contributed by atoms with van der Waals surface area (Å²) in [6.45, 7) is 8.47. The molecule has 0 aromatic carbocycles. The second-order valence-electron chi connectivity index (χ2n) is 5.56. The molecule has 0 radical (unpaired) electrons. The van der Waals surface area contributed by atoms with Gasteiger partial charge in [-0.1, -0.05) is 5.16 Å². The molecule has 126 valence electrons. The van der Waals surface area contributed by atoms with E-state index in [0.29, 0.717) is 29.9 Å². The van der Waals surface area contributed by atoms with Crippen LogP contribution in [0.2, 0.25) is 0 Å². The number of aromatic nitrogens is 6. The van der Waals surface area contributed by atoms with Gasteiger partial charge in [0.25, 0.3) is 0 Å². The molecule has 0 aliphatic carbocycles. The van der Waals surface area contributed by atoms with Crippen LogP contribution >= 0.6 is 0 Å². The van der Waals surface area contributed by atoms with Gasteiger partial charge in [0, 0.05) is 18.3 Å². The second-order valence-corrected chi connectivity index (χ2v) is 5.56. The molecule has 0 saturated carbocycles. The summed E-state index contributed by atoms with van der Waals surface area (Å²) in [5.74, 6) is 1.36. The first-order valence-electron chi connectivity index (χ1n) is 7.80. The Morgan fingerprint density at radius 3 is 2.62 bits per heavy atom. The van der Waals surface area contributed by atoms with E-state index in [1.165, 1.54) is 0 Å². The molecule has 8 heteroatoms. The lowest BCUT2D eigenvalue weighted by Gasteiger charge is -2.07. The van der Waals surface area contributed by atoms with Crippen molar-refractivity contribution < 1.29 is 9.26 Å². The Kier molecular flexibility index (Phi) is 4.28. The van der Waals surface area contributed by atoms with Crippen molar-refractivity contribution in [1.29, 1.82) is 0 Å². The van der Waals surface area contributed by atoms with Crippen LogP contribution in [0.15, 0.2) is 16.9 Å². The molecule has 1 unspecified atom stereocenters. The van der Waals surface area contributed by atoms with Gasteiger partial charge in [0.1, 0.15) is 5.69 Å². The minimum atomic E-state index is -0.0457. The van der Waals surface area contributed by atoms with Gasteiger partial charge in [-0.2, -0.15) is 10.1 Å². The lowest BCUT2D eigenvalue weighted by Crippen LogP contribution is -2.01. The number of hydrogen-bond acceptors (Lipinski definition) is 7. The normalized spacial score (nSPS) is 12.4. The highest BCUT2D eigenvalue weighted by Gasteiger charge is 2.23. The van der Waals surface area contributed by atoms with Crippen molar-refractivity contribution in [3.63, 3.8) is 0 Å². The Morgan fingerprint density at radius 1 is 1.25 bits per heavy atom. The fourth-order valence-electron chi connectivity index (χ4n) is 2.71. The first-order valence-corrected chi connectivity index (χ1v) is 7.80. The van der Waals surface area contributed by atoms with Crippen LogP contribution in [0.25, 0.3) is 11.5 Å². The molecule has 3 heterocycles. The SMILES string of the molecule is CCOc1cnc(-c2noc(C(C)c3c(C)nn(C)c3C)n2)cn1. The Morgan fingerprint density at radius 2 is 2.04 bits per heavy atom. The number of nitrogens with zero attached hydrogens (tertiary/aromatic N) is 6. The second kappa shape index (κ2) is 6.38. The molecule has 1 atom stereocenters. The smallest absolute Gasteiger partial charge is 0.234 e. The maximum Gasteiger partial charge on any atom is 0.234 e. The molecule has 0 bridgehead atoms. The summed E-state index contributed by atoms with van der Waals surface area (Å²) >= 11 is 0. The summed E-state index contributed by atoms with van der Waals surface area (Å²) in [5, 5.41) is 8.46. The fourth-order valence-corrected chi connectivity index (χ4v) is 2.71. The van der Waals surface area contributed by atoms with Gasteiger partial charge >= 0.3 is 0 Å². The average molecular weight is 328 g/mol. The number of rotatable bonds is 5. The molecular weight excluding hydrogens is 308 g/mol. The molecule has 8 nitrogen and oxygen atoms in total. The third-order valence-corrected chi connectivity index (χ3v) is 3.96. The standard InChI is InChI=1S/C16H20N6O2/c1-6-23-13-8-17-12(7-18-13)15-19-16(24-21-15)9(2)14-10(3)20-22(5)11(14)4/h7-9H,6H2,1-5H3. The summed E-state index contributed by atoms with van der Waals surface area (Å²) in [7, 11) is 1.92. The molecule has 0 aliphatic heterocycles. The van der Waals surface area contributed by atoms with Crippen LogP contribution in [-0.4, -0.2) is 36.5 Å². The molecule has 0 amide bonds. The van der Waals surface area contributed by atoms with Crippen LogP contribution in [0.1, 0.15) is 42.6 Å². The summed E-state index contributed by atoms with van der Waals surface area (Å²) in [6.07, 6.45) is 3.12. The summed E-state index contributed by atoms with van der Waals surface area (Å²) in [4.78, 5) is 12.9. The third kappa shape index (κ3) is 2.86. The van der Waals surface area contributed by atoms with Gasteiger partial charge in [-0.3, -0.25) is 4.68 Å². The molecule has 3 rings (SSSR count). The van der Waals surface area contributed by atoms with Crippen molar-refractivity contribution in [2.45, 2.75) is 33.6 Å². The first kappa shape index (κ1) is 16.1. The maximum absolute atomic E-state index is 5.44. The lowest BCUT2D eigenvalue weighted by molar-refractivity contribution is 0.325. The van der Waals surface area contributed by atoms with Gasteiger partial charge in [0.05, 0.1) is 30.6 Å². The number of ether oxygens (including phenoxy) is 1. The molecule has 0 aliphatic rings. The minimum Gasteiger partial charge on any atom is -0.477 e. The van der Waals surface area contributed by atoms with Gasteiger partial charge in [0.2, 0.25) is 17.6 Å². The van der Waals surface area contributed by atoms with Gasteiger partial charge < -0.3 is 9.26 Å². The van der Waals surface area contributed by atoms with Crippen molar-refractivity contribution in [2.24, 2.45) is 7.05 Å². The van der Waals surface area contributed by atoms with Gasteiger partial charge in [0.15, 0.2) is 0 Å². The van der Waals surface area contributed by atoms with Gasteiger partial charge in [-0.25, -0.2) is 9.97 Å². The van der Waals surface area contributed by atoms with E-state index in [0.717, 1.165) is 17.0 Å². The van der Waals surface area contributed by atoms with E-state index in [1.807, 2.05) is 39.4 Å². The van der Waals surface area contributed by atoms with Crippen molar-refractivity contribution >= 4 is 0 Å². The van der Waals surface area contributed by atoms with E-state index in [9.17, 15) is 0 Å². The first-order chi connectivity index (χ1) is 11.5. The van der Waals surface area contributed by atoms with Crippen molar-refractivity contribution in [1.82, 2.24) is 29.9 Å². The maximum atomic E-state index is 5.44. The Bertz CT molecular complexity index is 837. The monoisotopic (exact) mass is 328 g/mol. The highest BCUT2D eigenvalue weighted by molar-refractivity contribution is 5.46. The predicted molar refractivity (Wildman–Crippen MR) is 86.7 cm³/mol. The quantitative estimate of drug-likeness (QED) is 0.710. The molecule has 0 fully saturated rings. The minimum absolute atomic E-state index is 0.0457. The molecule has 3 aromatic rings. The molecule has 0 N–H and O–H groups in total. The fraction of sp³-hybridized carbons (Fsp3) is 0.438. The predicted octanol–water partition coefficient (Wildman–Crippen LogP) is 2.43. The van der Waals surface area contributed by atoms with E-state index < -0.39 is 0 Å². The van der Waals surface area contributed by atoms with E-state index in [-0.39, 0.29) is 5.92 Å². The highest BCUT2D eigenvalue weighted by Crippen LogP contribution is 2.29. The zero-order valence-electron chi connectivity index (χ0n) is 14.4. The Labute approximate surface area is 139 Å². The van der Waals surface area contributed by atoms with E-state index in [4.69, 9.17) is 9.26 Å². The van der Waals surface area contributed by atoms with Gasteiger partial charge in [-0.15, -0.1) is 0 Å². The molecular formula is C16H20N6O2. The summed E-state index contributed by atoms with van der Waals surface area (Å²) < 4.78 is 12.6. The van der Waals surface area contributed by atoms with Crippen molar-refractivity contribution in [3.05, 3.63) is 35.2 Å². The molecule has 0 spiro atoms. The third-order valence-electron chi connectivity index (χ3n) is 3.96. The van der Waals surface area contributed by atoms with E-state index in [1.54, 1.807) is 12.4 Å². The summed E-state index contributed by atoms with van der Waals surface area (Å²) in [6, 6.07) is 0. The van der Waals surface area contributed by atoms with Crippen LogP contribution in [0.3, 0.4) is 0 Å². The van der Waals surface area contributed by atoms with Crippen molar-refractivity contribution in [3.8, 4) is 17.4 Å².